The van der Waals surface area contributed by atoms with Gasteiger partial charge in [-0.25, -0.2) is 18.4 Å². The SMILES string of the molecule is CCOc1ccc(S(=O)(=O)N2CCN(C)CC2)cc1-c1nc2c(C#N)ccnc2c(=O)[nH]1. The largest absolute Gasteiger partial charge is 0.493 e. The molecule has 0 amide bonds. The van der Waals surface area contributed by atoms with Crippen molar-refractivity contribution < 1.29 is 13.2 Å². The predicted octanol–water partition coefficient (Wildman–Crippen LogP) is 1.19. The number of hydrogen-bond acceptors (Lipinski definition) is 8. The highest BCUT2D eigenvalue weighted by Gasteiger charge is 2.28. The summed E-state index contributed by atoms with van der Waals surface area (Å²) < 4.78 is 33.6. The summed E-state index contributed by atoms with van der Waals surface area (Å²) in [7, 11) is -1.80. The van der Waals surface area contributed by atoms with Gasteiger partial charge in [-0.05, 0) is 38.2 Å². The van der Waals surface area contributed by atoms with Crippen molar-refractivity contribution in [3.05, 3.63) is 46.4 Å². The number of rotatable bonds is 5. The van der Waals surface area contributed by atoms with E-state index in [4.69, 9.17) is 4.74 Å². The van der Waals surface area contributed by atoms with Gasteiger partial charge in [0.25, 0.3) is 5.56 Å². The van der Waals surface area contributed by atoms with Crippen LogP contribution >= 0.6 is 0 Å². The number of sulfonamides is 1. The van der Waals surface area contributed by atoms with Gasteiger partial charge in [0.2, 0.25) is 10.0 Å². The van der Waals surface area contributed by atoms with Crippen molar-refractivity contribution in [2.75, 3.05) is 39.8 Å². The van der Waals surface area contributed by atoms with Crippen molar-refractivity contribution >= 4 is 21.1 Å². The molecule has 3 heterocycles. The summed E-state index contributed by atoms with van der Waals surface area (Å²) in [6.07, 6.45) is 1.37. The highest BCUT2D eigenvalue weighted by molar-refractivity contribution is 7.89. The molecule has 0 saturated carbocycles. The number of nitriles is 1. The standard InChI is InChI=1S/C21H22N6O4S/c1-3-31-17-5-4-15(32(29,30)27-10-8-26(2)9-11-27)12-16(17)20-24-18-14(13-22)6-7-23-19(18)21(28)25-20/h4-7,12H,3,8-11H2,1-2H3,(H,24,25,28). The molecule has 0 bridgehead atoms. The minimum atomic E-state index is -3.75. The Bertz CT molecular complexity index is 1370. The number of hydrogen-bond donors (Lipinski definition) is 1. The van der Waals surface area contributed by atoms with Crippen LogP contribution in [0.1, 0.15) is 12.5 Å². The summed E-state index contributed by atoms with van der Waals surface area (Å²) in [6.45, 7) is 4.21. The maximum Gasteiger partial charge on any atom is 0.277 e. The van der Waals surface area contributed by atoms with Gasteiger partial charge in [-0.1, -0.05) is 0 Å². The van der Waals surface area contributed by atoms with Gasteiger partial charge >= 0.3 is 0 Å². The third-order valence-corrected chi connectivity index (χ3v) is 7.22. The van der Waals surface area contributed by atoms with Gasteiger partial charge in [0.05, 0.1) is 22.6 Å². The van der Waals surface area contributed by atoms with Crippen LogP contribution in [-0.2, 0) is 10.0 Å². The predicted molar refractivity (Wildman–Crippen MR) is 118 cm³/mol. The molecule has 0 aliphatic carbocycles. The third-order valence-electron chi connectivity index (χ3n) is 5.32. The Kier molecular flexibility index (Phi) is 5.92. The molecule has 1 aliphatic heterocycles. The molecule has 32 heavy (non-hydrogen) atoms. The highest BCUT2D eigenvalue weighted by atomic mass is 32.2. The van der Waals surface area contributed by atoms with Crippen molar-refractivity contribution in [3.8, 4) is 23.2 Å². The van der Waals surface area contributed by atoms with Gasteiger partial charge in [0, 0.05) is 32.4 Å². The van der Waals surface area contributed by atoms with E-state index in [-0.39, 0.29) is 27.3 Å². The molecular weight excluding hydrogens is 432 g/mol. The number of aromatic nitrogens is 3. The molecule has 4 rings (SSSR count). The van der Waals surface area contributed by atoms with Gasteiger partial charge in [0.1, 0.15) is 23.2 Å². The van der Waals surface area contributed by atoms with E-state index in [1.807, 2.05) is 13.1 Å². The van der Waals surface area contributed by atoms with Crippen molar-refractivity contribution in [1.82, 2.24) is 24.2 Å². The Labute approximate surface area is 185 Å². The summed E-state index contributed by atoms with van der Waals surface area (Å²) in [5.74, 6) is 0.473. The summed E-state index contributed by atoms with van der Waals surface area (Å²) >= 11 is 0. The number of nitrogens with one attached hydrogen (secondary N) is 1. The van der Waals surface area contributed by atoms with Gasteiger partial charge in [-0.3, -0.25) is 4.79 Å². The molecule has 0 atom stereocenters. The molecule has 3 aromatic rings. The van der Waals surface area contributed by atoms with Crippen LogP contribution in [0.15, 0.2) is 40.2 Å². The second kappa shape index (κ2) is 8.66. The van der Waals surface area contributed by atoms with Gasteiger partial charge in [0.15, 0.2) is 5.52 Å². The van der Waals surface area contributed by atoms with Crippen LogP contribution in [0, 0.1) is 11.3 Å². The minimum absolute atomic E-state index is 0.0342. The van der Waals surface area contributed by atoms with Crippen LogP contribution in [-0.4, -0.2) is 72.4 Å². The molecular formula is C21H22N6O4S. The Morgan fingerprint density at radius 1 is 1.19 bits per heavy atom. The molecule has 0 radical (unpaired) electrons. The lowest BCUT2D eigenvalue weighted by molar-refractivity contribution is 0.222. The molecule has 1 aromatic carbocycles. The topological polar surface area (TPSA) is 132 Å². The van der Waals surface area contributed by atoms with Crippen molar-refractivity contribution in [2.45, 2.75) is 11.8 Å². The maximum atomic E-state index is 13.2. The fourth-order valence-corrected chi connectivity index (χ4v) is 5.02. The first-order valence-corrected chi connectivity index (χ1v) is 11.5. The monoisotopic (exact) mass is 454 g/mol. The van der Waals surface area contributed by atoms with Gasteiger partial charge in [-0.2, -0.15) is 9.57 Å². The molecule has 11 heteroatoms. The Balaban J connectivity index is 1.87. The first-order valence-electron chi connectivity index (χ1n) is 10.1. The number of H-pyrrole nitrogens is 1. The van der Waals surface area contributed by atoms with Crippen LogP contribution in [0.2, 0.25) is 0 Å². The van der Waals surface area contributed by atoms with Crippen LogP contribution in [0.4, 0.5) is 0 Å². The Hall–Kier alpha value is -3.33. The lowest BCUT2D eigenvalue weighted by Crippen LogP contribution is -2.47. The van der Waals surface area contributed by atoms with E-state index in [0.717, 1.165) is 0 Å². The second-order valence-corrected chi connectivity index (χ2v) is 9.32. The van der Waals surface area contributed by atoms with Crippen molar-refractivity contribution in [1.29, 1.82) is 5.26 Å². The second-order valence-electron chi connectivity index (χ2n) is 7.38. The third kappa shape index (κ3) is 3.95. The van der Waals surface area contributed by atoms with E-state index in [2.05, 4.69) is 19.9 Å². The van der Waals surface area contributed by atoms with Crippen LogP contribution in [0.3, 0.4) is 0 Å². The average Bonchev–Trinajstić information content (AvgIpc) is 2.79. The molecule has 1 saturated heterocycles. The van der Waals surface area contributed by atoms with Gasteiger partial charge in [-0.15, -0.1) is 0 Å². The van der Waals surface area contributed by atoms with E-state index in [1.54, 1.807) is 13.0 Å². The van der Waals surface area contributed by atoms with E-state index >= 15 is 0 Å². The number of likely N-dealkylation sites (N-methyl/N-ethyl adjacent to an activating group) is 1. The Morgan fingerprint density at radius 3 is 2.62 bits per heavy atom. The number of benzene rings is 1. The number of nitrogens with zero attached hydrogens (tertiary/aromatic N) is 5. The number of ether oxygens (including phenoxy) is 1. The molecule has 10 nitrogen and oxygen atoms in total. The average molecular weight is 455 g/mol. The zero-order valence-electron chi connectivity index (χ0n) is 17.7. The minimum Gasteiger partial charge on any atom is -0.493 e. The number of piperazine rings is 1. The smallest absolute Gasteiger partial charge is 0.277 e. The van der Waals surface area contributed by atoms with Crippen LogP contribution in [0.5, 0.6) is 5.75 Å². The highest BCUT2D eigenvalue weighted by Crippen LogP contribution is 2.32. The molecule has 2 aromatic heterocycles. The molecule has 0 unspecified atom stereocenters. The summed E-state index contributed by atoms with van der Waals surface area (Å²) in [6, 6.07) is 7.97. The molecule has 1 N–H and O–H groups in total. The fraction of sp³-hybridized carbons (Fsp3) is 0.333. The Morgan fingerprint density at radius 2 is 1.94 bits per heavy atom. The van der Waals surface area contributed by atoms with Gasteiger partial charge < -0.3 is 14.6 Å². The summed E-state index contributed by atoms with van der Waals surface area (Å²) in [5.41, 5.74) is 0.155. The molecule has 166 valence electrons. The molecule has 1 aliphatic rings. The van der Waals surface area contributed by atoms with E-state index in [1.165, 1.54) is 28.7 Å². The summed E-state index contributed by atoms with van der Waals surface area (Å²) in [4.78, 5) is 25.9. The first kappa shape index (κ1) is 21.9. The van der Waals surface area contributed by atoms with E-state index < -0.39 is 15.6 Å². The first-order chi connectivity index (χ1) is 15.3. The summed E-state index contributed by atoms with van der Waals surface area (Å²) in [5, 5.41) is 9.40. The fourth-order valence-electron chi connectivity index (χ4n) is 3.57. The number of aromatic amines is 1. The lowest BCUT2D eigenvalue weighted by atomic mass is 10.1. The van der Waals surface area contributed by atoms with Crippen LogP contribution in [0.25, 0.3) is 22.4 Å². The number of fused-ring (bicyclic) bond motifs is 1. The zero-order valence-corrected chi connectivity index (χ0v) is 18.5. The van der Waals surface area contributed by atoms with Crippen molar-refractivity contribution in [3.63, 3.8) is 0 Å². The zero-order chi connectivity index (χ0) is 22.9. The lowest BCUT2D eigenvalue weighted by Gasteiger charge is -2.31. The van der Waals surface area contributed by atoms with E-state index in [0.29, 0.717) is 44.1 Å². The van der Waals surface area contributed by atoms with Crippen LogP contribution < -0.4 is 10.3 Å². The normalized spacial score (nSPS) is 15.5. The quantitative estimate of drug-likeness (QED) is 0.608. The molecule has 1 fully saturated rings. The molecule has 0 spiro atoms. The van der Waals surface area contributed by atoms with E-state index in [9.17, 15) is 18.5 Å². The van der Waals surface area contributed by atoms with Crippen molar-refractivity contribution in [2.24, 2.45) is 0 Å². The number of pyridine rings is 1. The maximum absolute atomic E-state index is 13.2.